The number of piperidine rings is 1. The maximum Gasteiger partial charge on any atom is 0.151 e. The highest BCUT2D eigenvalue weighted by atomic mass is 32.2. The van der Waals surface area contributed by atoms with Crippen LogP contribution in [0.15, 0.2) is 48.8 Å². The molecule has 0 spiro atoms. The smallest absolute Gasteiger partial charge is 0.151 e. The molecule has 0 radical (unpaired) electrons. The number of hydrogen-bond donors (Lipinski definition) is 1. The third kappa shape index (κ3) is 6.42. The molecule has 8 nitrogen and oxygen atoms in total. The van der Waals surface area contributed by atoms with Gasteiger partial charge in [0.2, 0.25) is 0 Å². The molecule has 3 aromatic rings. The number of benzene rings is 1. The highest BCUT2D eigenvalue weighted by molar-refractivity contribution is 7.89. The fourth-order valence-electron chi connectivity index (χ4n) is 6.98. The first-order valence-corrected chi connectivity index (χ1v) is 17.4. The highest BCUT2D eigenvalue weighted by Crippen LogP contribution is 2.42. The number of fused-ring (bicyclic) bond motifs is 2. The Bertz CT molecular complexity index is 1530. The number of nitrogens with one attached hydrogen (secondary N) is 1. The molecule has 0 bridgehead atoms. The van der Waals surface area contributed by atoms with Crippen LogP contribution in [0.25, 0.3) is 0 Å². The van der Waals surface area contributed by atoms with Gasteiger partial charge in [-0.1, -0.05) is 32.4 Å². The molecule has 5 heterocycles. The number of hydrogen-bond acceptors (Lipinski definition) is 8. The van der Waals surface area contributed by atoms with Crippen LogP contribution >= 0.6 is 0 Å². The van der Waals surface area contributed by atoms with Crippen molar-refractivity contribution in [2.75, 3.05) is 60.6 Å². The third-order valence-corrected chi connectivity index (χ3v) is 9.83. The Morgan fingerprint density at radius 1 is 0.976 bits per heavy atom. The number of sulfone groups is 1. The standard InChI is InChI=1S/C33H44N6O2S/c1-33(2)24-39(19-8-18-37-16-5-4-6-17-37)30-21-27(10-11-29(30)33)36-31-28-13-20-38(22-25(28)12-15-34-31)32-26(9-7-14-35-32)23-42(3,40)41/h7,9-12,14-15,21H,4-6,8,13,16-20,22-24H2,1-3H3,(H,34,36). The second kappa shape index (κ2) is 11.8. The van der Waals surface area contributed by atoms with Gasteiger partial charge in [0.05, 0.1) is 5.75 Å². The molecule has 0 amide bonds. The largest absolute Gasteiger partial charge is 0.370 e. The van der Waals surface area contributed by atoms with Crippen LogP contribution < -0.4 is 15.1 Å². The van der Waals surface area contributed by atoms with Gasteiger partial charge in [0.15, 0.2) is 9.84 Å². The van der Waals surface area contributed by atoms with Crippen LogP contribution in [0.1, 0.15) is 61.8 Å². The fourth-order valence-corrected chi connectivity index (χ4v) is 7.78. The number of anilines is 4. The Labute approximate surface area is 251 Å². The quantitative estimate of drug-likeness (QED) is 0.361. The molecule has 224 valence electrons. The molecule has 1 fully saturated rings. The molecule has 3 aliphatic rings. The summed E-state index contributed by atoms with van der Waals surface area (Å²) in [6.07, 6.45) is 10.9. The molecular formula is C33H44N6O2S. The van der Waals surface area contributed by atoms with Gasteiger partial charge < -0.3 is 20.0 Å². The Hall–Kier alpha value is -3.17. The van der Waals surface area contributed by atoms with E-state index < -0.39 is 9.84 Å². The number of nitrogens with zero attached hydrogens (tertiary/aromatic N) is 5. The molecule has 0 aliphatic carbocycles. The van der Waals surface area contributed by atoms with Gasteiger partial charge in [0.25, 0.3) is 0 Å². The summed E-state index contributed by atoms with van der Waals surface area (Å²) in [5.74, 6) is 1.65. The molecule has 0 atom stereocenters. The van der Waals surface area contributed by atoms with Gasteiger partial charge in [-0.3, -0.25) is 0 Å². The maximum absolute atomic E-state index is 12.0. The van der Waals surface area contributed by atoms with Gasteiger partial charge in [0.1, 0.15) is 11.6 Å². The average molecular weight is 589 g/mol. The summed E-state index contributed by atoms with van der Waals surface area (Å²) < 4.78 is 24.1. The zero-order valence-electron chi connectivity index (χ0n) is 25.3. The molecule has 6 rings (SSSR count). The van der Waals surface area contributed by atoms with Crippen molar-refractivity contribution >= 4 is 32.8 Å². The van der Waals surface area contributed by atoms with Crippen LogP contribution in [-0.2, 0) is 34.0 Å². The maximum atomic E-state index is 12.0. The van der Waals surface area contributed by atoms with E-state index in [0.717, 1.165) is 48.9 Å². The van der Waals surface area contributed by atoms with Gasteiger partial charge in [0, 0.05) is 72.7 Å². The fraction of sp³-hybridized carbons (Fsp3) is 0.515. The molecule has 0 unspecified atom stereocenters. The first kappa shape index (κ1) is 28.9. The van der Waals surface area contributed by atoms with Crippen molar-refractivity contribution in [2.45, 2.75) is 63.7 Å². The van der Waals surface area contributed by atoms with Crippen LogP contribution in [0.5, 0.6) is 0 Å². The summed E-state index contributed by atoms with van der Waals surface area (Å²) in [6, 6.07) is 12.5. The Balaban J connectivity index is 1.18. The topological polar surface area (TPSA) is 81.7 Å². The van der Waals surface area contributed by atoms with E-state index in [2.05, 4.69) is 63.1 Å². The summed E-state index contributed by atoms with van der Waals surface area (Å²) in [5, 5.41) is 3.66. The van der Waals surface area contributed by atoms with Gasteiger partial charge in [-0.25, -0.2) is 18.4 Å². The lowest BCUT2D eigenvalue weighted by atomic mass is 9.87. The SMILES string of the molecule is CC1(C)CN(CCCN2CCCCC2)c2cc(Nc3nccc4c3CCN(c3ncccc3CS(C)(=O)=O)C4)ccc21. The molecule has 9 heteroatoms. The first-order valence-electron chi connectivity index (χ1n) is 15.4. The van der Waals surface area contributed by atoms with Crippen LogP contribution in [-0.4, -0.2) is 68.8 Å². The normalized spacial score (nSPS) is 18.5. The number of aromatic nitrogens is 2. The van der Waals surface area contributed by atoms with E-state index in [4.69, 9.17) is 4.98 Å². The zero-order valence-corrected chi connectivity index (χ0v) is 26.1. The van der Waals surface area contributed by atoms with Gasteiger partial charge in [-0.15, -0.1) is 0 Å². The Morgan fingerprint density at radius 2 is 1.81 bits per heavy atom. The second-order valence-corrected chi connectivity index (χ2v) is 15.1. The average Bonchev–Trinajstić information content (AvgIpc) is 3.22. The van der Waals surface area contributed by atoms with Crippen LogP contribution in [0.3, 0.4) is 0 Å². The van der Waals surface area contributed by atoms with E-state index in [9.17, 15) is 8.42 Å². The molecule has 3 aliphatic heterocycles. The monoisotopic (exact) mass is 588 g/mol. The molecule has 42 heavy (non-hydrogen) atoms. The van der Waals surface area contributed by atoms with Gasteiger partial charge in [-0.05, 0) is 80.7 Å². The van der Waals surface area contributed by atoms with Crippen molar-refractivity contribution in [3.05, 3.63) is 71.0 Å². The predicted octanol–water partition coefficient (Wildman–Crippen LogP) is 5.30. The van der Waals surface area contributed by atoms with Crippen molar-refractivity contribution in [1.29, 1.82) is 0 Å². The molecule has 1 saturated heterocycles. The van der Waals surface area contributed by atoms with Crippen LogP contribution in [0.4, 0.5) is 23.0 Å². The van der Waals surface area contributed by atoms with E-state index >= 15 is 0 Å². The minimum atomic E-state index is -3.16. The van der Waals surface area contributed by atoms with Crippen molar-refractivity contribution in [3.63, 3.8) is 0 Å². The Morgan fingerprint density at radius 3 is 2.62 bits per heavy atom. The summed E-state index contributed by atoms with van der Waals surface area (Å²) >= 11 is 0. The second-order valence-electron chi connectivity index (χ2n) is 12.9. The van der Waals surface area contributed by atoms with Crippen LogP contribution in [0.2, 0.25) is 0 Å². The van der Waals surface area contributed by atoms with E-state index in [1.54, 1.807) is 12.3 Å². The molecular weight excluding hydrogens is 544 g/mol. The van der Waals surface area contributed by atoms with Gasteiger partial charge >= 0.3 is 0 Å². The summed E-state index contributed by atoms with van der Waals surface area (Å²) in [6.45, 7) is 12.0. The minimum Gasteiger partial charge on any atom is -0.370 e. The van der Waals surface area contributed by atoms with Crippen molar-refractivity contribution in [3.8, 4) is 0 Å². The lowest BCUT2D eigenvalue weighted by Gasteiger charge is -2.32. The molecule has 1 aromatic carbocycles. The van der Waals surface area contributed by atoms with E-state index in [1.807, 2.05) is 12.3 Å². The van der Waals surface area contributed by atoms with E-state index in [-0.39, 0.29) is 11.2 Å². The number of rotatable bonds is 9. The zero-order chi connectivity index (χ0) is 29.3. The van der Waals surface area contributed by atoms with Crippen LogP contribution in [0, 0.1) is 0 Å². The lowest BCUT2D eigenvalue weighted by Crippen LogP contribution is -2.34. The van der Waals surface area contributed by atoms with E-state index in [0.29, 0.717) is 6.54 Å². The lowest BCUT2D eigenvalue weighted by molar-refractivity contribution is 0.227. The van der Waals surface area contributed by atoms with Crippen molar-refractivity contribution in [1.82, 2.24) is 14.9 Å². The summed E-state index contributed by atoms with van der Waals surface area (Å²) in [4.78, 5) is 16.7. The third-order valence-electron chi connectivity index (χ3n) is 9.00. The number of pyridine rings is 2. The molecule has 2 aromatic heterocycles. The molecule has 1 N–H and O–H groups in total. The minimum absolute atomic E-state index is 0.00686. The van der Waals surface area contributed by atoms with Crippen molar-refractivity contribution < 1.29 is 8.42 Å². The highest BCUT2D eigenvalue weighted by Gasteiger charge is 2.35. The number of likely N-dealkylation sites (tertiary alicyclic amines) is 1. The van der Waals surface area contributed by atoms with Crippen molar-refractivity contribution in [2.24, 2.45) is 0 Å². The van der Waals surface area contributed by atoms with Gasteiger partial charge in [-0.2, -0.15) is 0 Å². The Kier molecular flexibility index (Phi) is 8.16. The molecule has 0 saturated carbocycles. The van der Waals surface area contributed by atoms with E-state index in [1.165, 1.54) is 74.0 Å². The first-order chi connectivity index (χ1) is 20.2. The summed E-state index contributed by atoms with van der Waals surface area (Å²) in [5.41, 5.74) is 7.12. The predicted molar refractivity (Wildman–Crippen MR) is 172 cm³/mol. The summed E-state index contributed by atoms with van der Waals surface area (Å²) in [7, 11) is -3.16.